The molecule has 0 fully saturated rings. The van der Waals surface area contributed by atoms with E-state index in [1.165, 1.54) is 0 Å². The highest BCUT2D eigenvalue weighted by Crippen LogP contribution is 2.29. The fraction of sp³-hybridized carbons (Fsp3) is 0.308. The summed E-state index contributed by atoms with van der Waals surface area (Å²) in [5.41, 5.74) is 10.8. The van der Waals surface area contributed by atoms with Crippen LogP contribution in [0.15, 0.2) is 97.1 Å². The Morgan fingerprint density at radius 1 is 0.980 bits per heavy atom. The summed E-state index contributed by atoms with van der Waals surface area (Å²) in [6.07, 6.45) is 0.0245. The van der Waals surface area contributed by atoms with Crippen molar-refractivity contribution in [3.8, 4) is 5.75 Å². The summed E-state index contributed by atoms with van der Waals surface area (Å²) in [7, 11) is 2.01. The van der Waals surface area contributed by atoms with Gasteiger partial charge in [0.2, 0.25) is 11.8 Å². The number of hydrogen-bond donors (Lipinski definition) is 4. The summed E-state index contributed by atoms with van der Waals surface area (Å²) in [4.78, 5) is 43.1. The first kappa shape index (κ1) is 35.1. The molecule has 4 aromatic carbocycles. The minimum atomic E-state index is -0.363. The molecule has 5 rings (SSSR count). The molecule has 0 spiro atoms. The van der Waals surface area contributed by atoms with Gasteiger partial charge in [0.1, 0.15) is 11.9 Å². The van der Waals surface area contributed by atoms with Crippen molar-refractivity contribution in [3.05, 3.63) is 119 Å². The Bertz CT molecular complexity index is 1750. The number of amides is 3. The van der Waals surface area contributed by atoms with Gasteiger partial charge in [-0.1, -0.05) is 61.5 Å². The van der Waals surface area contributed by atoms with Crippen LogP contribution in [0.5, 0.6) is 5.75 Å². The number of rotatable bonds is 11. The van der Waals surface area contributed by atoms with Crippen molar-refractivity contribution in [1.82, 2.24) is 9.80 Å². The van der Waals surface area contributed by atoms with E-state index in [9.17, 15) is 19.5 Å². The number of nitrogens with two attached hydrogens (primary N) is 1. The number of nitrogens with zero attached hydrogens (tertiary/aromatic N) is 2. The van der Waals surface area contributed by atoms with Crippen LogP contribution in [-0.2, 0) is 29.0 Å². The average molecular weight is 664 g/mol. The number of fused-ring (bicyclic) bond motifs is 1. The Kier molecular flexibility index (Phi) is 11.7. The first-order valence-electron chi connectivity index (χ1n) is 16.6. The number of nitrogen functional groups attached to an aromatic ring is 1. The molecule has 0 radical (unpaired) electrons. The highest BCUT2D eigenvalue weighted by molar-refractivity contribution is 6.05. The van der Waals surface area contributed by atoms with Crippen LogP contribution in [0.3, 0.4) is 0 Å². The summed E-state index contributed by atoms with van der Waals surface area (Å²) < 4.78 is 6.66. The summed E-state index contributed by atoms with van der Waals surface area (Å²) in [6.45, 7) is 5.32. The molecule has 0 bridgehead atoms. The maximum Gasteiger partial charge on any atom is 0.255 e. The van der Waals surface area contributed by atoms with Gasteiger partial charge in [-0.25, -0.2) is 0 Å². The molecule has 0 saturated heterocycles. The van der Waals surface area contributed by atoms with Gasteiger partial charge in [0, 0.05) is 42.4 Å². The van der Waals surface area contributed by atoms with Crippen molar-refractivity contribution in [2.75, 3.05) is 43.1 Å². The second kappa shape index (κ2) is 16.3. The van der Waals surface area contributed by atoms with Crippen molar-refractivity contribution in [3.63, 3.8) is 0 Å². The fourth-order valence-corrected chi connectivity index (χ4v) is 5.96. The molecule has 5 N–H and O–H groups in total. The lowest BCUT2D eigenvalue weighted by Gasteiger charge is -2.34. The summed E-state index contributed by atoms with van der Waals surface area (Å²) >= 11 is 0. The van der Waals surface area contributed by atoms with Crippen LogP contribution in [0, 0.1) is 5.92 Å². The number of nitrogens with one attached hydrogen (secondary N) is 2. The third-order valence-corrected chi connectivity index (χ3v) is 8.78. The van der Waals surface area contributed by atoms with E-state index >= 15 is 0 Å². The summed E-state index contributed by atoms with van der Waals surface area (Å²) in [5.74, 6) is 0.0267. The molecule has 3 amide bonds. The topological polar surface area (TPSA) is 137 Å². The number of aliphatic hydroxyl groups is 1. The van der Waals surface area contributed by atoms with Gasteiger partial charge in [-0.05, 0) is 67.6 Å². The van der Waals surface area contributed by atoms with Crippen molar-refractivity contribution >= 4 is 34.8 Å². The van der Waals surface area contributed by atoms with Gasteiger partial charge in [-0.3, -0.25) is 19.3 Å². The first-order chi connectivity index (χ1) is 23.6. The minimum Gasteiger partial charge on any atom is -0.488 e. The van der Waals surface area contributed by atoms with Crippen LogP contribution in [0.1, 0.15) is 40.9 Å². The Morgan fingerprint density at radius 2 is 1.69 bits per heavy atom. The maximum atomic E-state index is 13.6. The fourth-order valence-electron chi connectivity index (χ4n) is 5.96. The van der Waals surface area contributed by atoms with E-state index in [0.717, 1.165) is 11.1 Å². The standard InChI is InChI=1S/C39H45N5O5/c1-26-22-44(27(2)25-45)38(47)21-31-20-32(41-37(46)19-28-9-5-4-6-10-28)17-18-35(31)49-36(26)24-43(3)23-29-13-15-30(16-14-29)39(48)42-34-12-8-7-11-33(34)40/h4-18,20,26-27,36,45H,19,21-25,40H2,1-3H3,(H,41,46)(H,42,48)/t26-,27-,36-/m1/s1. The predicted molar refractivity (Wildman–Crippen MR) is 192 cm³/mol. The monoisotopic (exact) mass is 663 g/mol. The maximum absolute atomic E-state index is 13.6. The number of carbonyl (C=O) groups is 3. The molecular formula is C39H45N5O5. The molecule has 4 aromatic rings. The van der Waals surface area contributed by atoms with E-state index in [0.29, 0.717) is 53.6 Å². The van der Waals surface area contributed by atoms with E-state index in [1.807, 2.05) is 74.6 Å². The van der Waals surface area contributed by atoms with Gasteiger partial charge >= 0.3 is 0 Å². The number of anilines is 3. The van der Waals surface area contributed by atoms with Crippen molar-refractivity contribution in [1.29, 1.82) is 0 Å². The molecule has 1 aliphatic rings. The number of para-hydroxylation sites is 2. The number of aliphatic hydroxyl groups excluding tert-OH is 1. The highest BCUT2D eigenvalue weighted by Gasteiger charge is 2.31. The lowest BCUT2D eigenvalue weighted by atomic mass is 10.0. The second-order valence-corrected chi connectivity index (χ2v) is 12.9. The van der Waals surface area contributed by atoms with Crippen molar-refractivity contribution < 1.29 is 24.2 Å². The van der Waals surface area contributed by atoms with Crippen LogP contribution >= 0.6 is 0 Å². The average Bonchev–Trinajstić information content (AvgIpc) is 3.13. The van der Waals surface area contributed by atoms with E-state index < -0.39 is 0 Å². The van der Waals surface area contributed by atoms with Crippen molar-refractivity contribution in [2.24, 2.45) is 5.92 Å². The lowest BCUT2D eigenvalue weighted by molar-refractivity contribution is -0.134. The van der Waals surface area contributed by atoms with Crippen LogP contribution in [0.4, 0.5) is 17.1 Å². The third kappa shape index (κ3) is 9.46. The molecule has 1 heterocycles. The Morgan fingerprint density at radius 3 is 2.41 bits per heavy atom. The van der Waals surface area contributed by atoms with E-state index in [4.69, 9.17) is 10.5 Å². The highest BCUT2D eigenvalue weighted by atomic mass is 16.5. The van der Waals surface area contributed by atoms with Gasteiger partial charge in [-0.2, -0.15) is 0 Å². The summed E-state index contributed by atoms with van der Waals surface area (Å²) in [6, 6.07) is 29.2. The van der Waals surface area contributed by atoms with Crippen molar-refractivity contribution in [2.45, 2.75) is 45.4 Å². The van der Waals surface area contributed by atoms with Gasteiger partial charge < -0.3 is 31.1 Å². The van der Waals surface area contributed by atoms with Crippen LogP contribution < -0.4 is 21.1 Å². The number of hydrogen-bond acceptors (Lipinski definition) is 7. The number of benzene rings is 4. The zero-order valence-electron chi connectivity index (χ0n) is 28.3. The third-order valence-electron chi connectivity index (χ3n) is 8.78. The first-order valence-corrected chi connectivity index (χ1v) is 16.6. The molecule has 1 aliphatic heterocycles. The molecule has 10 heteroatoms. The minimum absolute atomic E-state index is 0.0619. The van der Waals surface area contributed by atoms with E-state index in [2.05, 4.69) is 22.5 Å². The predicted octanol–water partition coefficient (Wildman–Crippen LogP) is 4.98. The molecule has 0 unspecified atom stereocenters. The van der Waals surface area contributed by atoms with E-state index in [-0.39, 0.29) is 55.2 Å². The molecular weight excluding hydrogens is 618 g/mol. The molecule has 0 aromatic heterocycles. The van der Waals surface area contributed by atoms with Gasteiger partial charge in [0.25, 0.3) is 5.91 Å². The zero-order chi connectivity index (χ0) is 34.9. The number of carbonyl (C=O) groups excluding carboxylic acids is 3. The molecule has 10 nitrogen and oxygen atoms in total. The number of likely N-dealkylation sites (N-methyl/N-ethyl adjacent to an activating group) is 1. The zero-order valence-corrected chi connectivity index (χ0v) is 28.3. The van der Waals surface area contributed by atoms with Crippen LogP contribution in [0.2, 0.25) is 0 Å². The molecule has 0 saturated carbocycles. The Labute approximate surface area is 287 Å². The SMILES string of the molecule is C[C@@H]1CN([C@H](C)CO)C(=O)Cc2cc(NC(=O)Cc3ccccc3)ccc2O[C@@H]1CN(C)Cc1ccc(C(=O)Nc2ccccc2N)cc1. The molecule has 49 heavy (non-hydrogen) atoms. The Balaban J connectivity index is 1.29. The smallest absolute Gasteiger partial charge is 0.255 e. The van der Waals surface area contributed by atoms with Gasteiger partial charge in [-0.15, -0.1) is 0 Å². The Hall–Kier alpha value is -5.19. The van der Waals surface area contributed by atoms with Crippen LogP contribution in [0.25, 0.3) is 0 Å². The van der Waals surface area contributed by atoms with Gasteiger partial charge in [0.05, 0.1) is 36.9 Å². The largest absolute Gasteiger partial charge is 0.488 e. The molecule has 256 valence electrons. The summed E-state index contributed by atoms with van der Waals surface area (Å²) in [5, 5.41) is 15.8. The quantitative estimate of drug-likeness (QED) is 0.166. The van der Waals surface area contributed by atoms with Crippen LogP contribution in [-0.4, -0.2) is 71.5 Å². The normalized spacial score (nSPS) is 16.8. The second-order valence-electron chi connectivity index (χ2n) is 12.9. The molecule has 3 atom stereocenters. The number of ether oxygens (including phenoxy) is 1. The van der Waals surface area contributed by atoms with Gasteiger partial charge in [0.15, 0.2) is 0 Å². The van der Waals surface area contributed by atoms with E-state index in [1.54, 1.807) is 41.3 Å². The lowest BCUT2D eigenvalue weighted by Crippen LogP contribution is -2.47. The molecule has 0 aliphatic carbocycles.